The maximum atomic E-state index is 10.4. The Labute approximate surface area is 61.8 Å². The molecule has 0 aliphatic heterocycles. The highest BCUT2D eigenvalue weighted by atomic mass is 16.1. The quantitative estimate of drug-likeness (QED) is 0.394. The Morgan fingerprint density at radius 1 is 1.50 bits per heavy atom. The zero-order valence-corrected chi connectivity index (χ0v) is 6.64. The van der Waals surface area contributed by atoms with Crippen molar-refractivity contribution in [2.45, 2.75) is 20.8 Å². The van der Waals surface area contributed by atoms with Gasteiger partial charge < -0.3 is 4.79 Å². The SMILES string of the molecule is CC#C[C@@H]1[C@@H](C=O)C1(C)C. The van der Waals surface area contributed by atoms with Crippen LogP contribution in [0.1, 0.15) is 20.8 Å². The number of carbonyl (C=O) groups excluding carboxylic acids is 1. The lowest BCUT2D eigenvalue weighted by atomic mass is 10.1. The number of hydrogen-bond acceptors (Lipinski definition) is 1. The molecule has 1 fully saturated rings. The molecule has 0 spiro atoms. The van der Waals surface area contributed by atoms with Gasteiger partial charge >= 0.3 is 0 Å². The van der Waals surface area contributed by atoms with E-state index in [0.717, 1.165) is 6.29 Å². The van der Waals surface area contributed by atoms with Crippen LogP contribution in [0.5, 0.6) is 0 Å². The fraction of sp³-hybridized carbons (Fsp3) is 0.667. The highest BCUT2D eigenvalue weighted by Gasteiger charge is 2.56. The van der Waals surface area contributed by atoms with Gasteiger partial charge in [-0.2, -0.15) is 0 Å². The minimum atomic E-state index is 0.144. The summed E-state index contributed by atoms with van der Waals surface area (Å²) in [6.45, 7) is 5.98. The molecule has 54 valence electrons. The van der Waals surface area contributed by atoms with Gasteiger partial charge in [-0.1, -0.05) is 19.8 Å². The third kappa shape index (κ3) is 0.844. The standard InChI is InChI=1S/C9H12O/c1-4-5-7-8(6-10)9(7,2)3/h6-8H,1-3H3/t7-,8-/m1/s1. The van der Waals surface area contributed by atoms with Crippen molar-refractivity contribution in [2.24, 2.45) is 17.3 Å². The van der Waals surface area contributed by atoms with Crippen LogP contribution in [0.2, 0.25) is 0 Å². The largest absolute Gasteiger partial charge is 0.303 e. The van der Waals surface area contributed by atoms with E-state index in [4.69, 9.17) is 0 Å². The van der Waals surface area contributed by atoms with Crippen molar-refractivity contribution in [3.05, 3.63) is 0 Å². The molecule has 1 heteroatoms. The number of hydrogen-bond donors (Lipinski definition) is 0. The highest BCUT2D eigenvalue weighted by Crippen LogP contribution is 2.56. The maximum absolute atomic E-state index is 10.4. The fourth-order valence-corrected chi connectivity index (χ4v) is 1.36. The number of aldehydes is 1. The van der Waals surface area contributed by atoms with Gasteiger partial charge in [-0.3, -0.25) is 0 Å². The maximum Gasteiger partial charge on any atom is 0.124 e. The second-order valence-electron chi connectivity index (χ2n) is 3.36. The van der Waals surface area contributed by atoms with E-state index in [9.17, 15) is 4.79 Å². The molecule has 1 aliphatic carbocycles. The fourth-order valence-electron chi connectivity index (χ4n) is 1.36. The molecule has 0 aromatic heterocycles. The molecule has 1 nitrogen and oxygen atoms in total. The molecule has 1 saturated carbocycles. The number of rotatable bonds is 1. The van der Waals surface area contributed by atoms with Crippen molar-refractivity contribution in [2.75, 3.05) is 0 Å². The van der Waals surface area contributed by atoms with Gasteiger partial charge in [0.25, 0.3) is 0 Å². The van der Waals surface area contributed by atoms with Crippen molar-refractivity contribution in [3.8, 4) is 11.8 Å². The summed E-state index contributed by atoms with van der Waals surface area (Å²) >= 11 is 0. The Morgan fingerprint density at radius 3 is 2.40 bits per heavy atom. The van der Waals surface area contributed by atoms with Gasteiger partial charge in [0.05, 0.1) is 0 Å². The molecular weight excluding hydrogens is 124 g/mol. The topological polar surface area (TPSA) is 17.1 Å². The van der Waals surface area contributed by atoms with Crippen LogP contribution in [-0.2, 0) is 4.79 Å². The van der Waals surface area contributed by atoms with E-state index in [0.29, 0.717) is 5.92 Å². The molecule has 2 atom stereocenters. The third-order valence-corrected chi connectivity index (χ3v) is 2.36. The van der Waals surface area contributed by atoms with E-state index < -0.39 is 0 Å². The minimum absolute atomic E-state index is 0.144. The molecule has 0 heterocycles. The Morgan fingerprint density at radius 2 is 2.10 bits per heavy atom. The number of carbonyl (C=O) groups is 1. The summed E-state index contributed by atoms with van der Waals surface area (Å²) in [6, 6.07) is 0. The molecule has 1 rings (SSSR count). The first-order chi connectivity index (χ1) is 4.64. The summed E-state index contributed by atoms with van der Waals surface area (Å²) < 4.78 is 0. The Hall–Kier alpha value is -0.770. The Kier molecular flexibility index (Phi) is 1.56. The average molecular weight is 136 g/mol. The van der Waals surface area contributed by atoms with E-state index in [1.807, 2.05) is 6.92 Å². The third-order valence-electron chi connectivity index (χ3n) is 2.36. The summed E-state index contributed by atoms with van der Waals surface area (Å²) in [5.74, 6) is 6.37. The molecule has 0 amide bonds. The van der Waals surface area contributed by atoms with Gasteiger partial charge in [0.15, 0.2) is 0 Å². The van der Waals surface area contributed by atoms with Crippen LogP contribution in [0.25, 0.3) is 0 Å². The zero-order valence-electron chi connectivity index (χ0n) is 6.64. The molecule has 10 heavy (non-hydrogen) atoms. The molecular formula is C9H12O. The monoisotopic (exact) mass is 136 g/mol. The average Bonchev–Trinajstić information content (AvgIpc) is 2.36. The summed E-state index contributed by atoms with van der Waals surface area (Å²) in [5.41, 5.74) is 0.144. The molecule has 0 unspecified atom stereocenters. The van der Waals surface area contributed by atoms with Crippen LogP contribution in [-0.4, -0.2) is 6.29 Å². The van der Waals surface area contributed by atoms with Crippen LogP contribution in [0.3, 0.4) is 0 Å². The van der Waals surface area contributed by atoms with Crippen LogP contribution in [0.4, 0.5) is 0 Å². The van der Waals surface area contributed by atoms with Crippen LogP contribution >= 0.6 is 0 Å². The van der Waals surface area contributed by atoms with E-state index in [2.05, 4.69) is 25.7 Å². The summed E-state index contributed by atoms with van der Waals surface area (Å²) in [7, 11) is 0. The predicted octanol–water partition coefficient (Wildman–Crippen LogP) is 1.48. The highest BCUT2D eigenvalue weighted by molar-refractivity contribution is 5.63. The molecule has 0 N–H and O–H groups in total. The Bertz CT molecular complexity index is 205. The molecule has 0 aromatic rings. The molecule has 0 saturated heterocycles. The van der Waals surface area contributed by atoms with Crippen LogP contribution < -0.4 is 0 Å². The van der Waals surface area contributed by atoms with Gasteiger partial charge in [0.2, 0.25) is 0 Å². The van der Waals surface area contributed by atoms with Gasteiger partial charge in [0.1, 0.15) is 6.29 Å². The first kappa shape index (κ1) is 7.34. The normalized spacial score (nSPS) is 33.9. The van der Waals surface area contributed by atoms with Crippen LogP contribution in [0, 0.1) is 29.1 Å². The van der Waals surface area contributed by atoms with E-state index in [1.54, 1.807) is 0 Å². The molecule has 0 radical (unpaired) electrons. The first-order valence-corrected chi connectivity index (χ1v) is 3.52. The summed E-state index contributed by atoms with van der Waals surface area (Å²) in [5, 5.41) is 0. The smallest absolute Gasteiger partial charge is 0.124 e. The molecule has 0 bridgehead atoms. The predicted molar refractivity (Wildman–Crippen MR) is 40.3 cm³/mol. The minimum Gasteiger partial charge on any atom is -0.303 e. The van der Waals surface area contributed by atoms with Crippen molar-refractivity contribution in [1.29, 1.82) is 0 Å². The van der Waals surface area contributed by atoms with Gasteiger partial charge in [-0.25, -0.2) is 0 Å². The Balaban J connectivity index is 2.67. The van der Waals surface area contributed by atoms with E-state index >= 15 is 0 Å². The lowest BCUT2D eigenvalue weighted by molar-refractivity contribution is -0.109. The lowest BCUT2D eigenvalue weighted by Gasteiger charge is -1.93. The lowest BCUT2D eigenvalue weighted by Crippen LogP contribution is -1.89. The van der Waals surface area contributed by atoms with Crippen molar-refractivity contribution in [1.82, 2.24) is 0 Å². The van der Waals surface area contributed by atoms with E-state index in [1.165, 1.54) is 0 Å². The van der Waals surface area contributed by atoms with Gasteiger partial charge in [-0.05, 0) is 12.3 Å². The second kappa shape index (κ2) is 2.12. The second-order valence-corrected chi connectivity index (χ2v) is 3.36. The molecule has 0 aromatic carbocycles. The van der Waals surface area contributed by atoms with Crippen LogP contribution in [0.15, 0.2) is 0 Å². The first-order valence-electron chi connectivity index (χ1n) is 3.52. The van der Waals surface area contributed by atoms with E-state index in [-0.39, 0.29) is 11.3 Å². The molecule has 1 aliphatic rings. The zero-order chi connectivity index (χ0) is 7.78. The van der Waals surface area contributed by atoms with Crippen molar-refractivity contribution >= 4 is 6.29 Å². The van der Waals surface area contributed by atoms with Crippen molar-refractivity contribution < 1.29 is 4.79 Å². The van der Waals surface area contributed by atoms with Gasteiger partial charge in [-0.15, -0.1) is 5.92 Å². The summed E-state index contributed by atoms with van der Waals surface area (Å²) in [4.78, 5) is 10.4. The summed E-state index contributed by atoms with van der Waals surface area (Å²) in [6.07, 6.45) is 1.02. The van der Waals surface area contributed by atoms with Gasteiger partial charge in [0, 0.05) is 11.8 Å². The van der Waals surface area contributed by atoms with Crippen molar-refractivity contribution in [3.63, 3.8) is 0 Å².